The van der Waals surface area contributed by atoms with Crippen molar-refractivity contribution in [1.82, 2.24) is 15.1 Å². The van der Waals surface area contributed by atoms with Crippen molar-refractivity contribution in [2.24, 2.45) is 0 Å². The van der Waals surface area contributed by atoms with Crippen LogP contribution in [0.5, 0.6) is 0 Å². The van der Waals surface area contributed by atoms with Gasteiger partial charge in [0.25, 0.3) is 5.91 Å². The number of nitrogens with one attached hydrogen (secondary N) is 1. The zero-order valence-electron chi connectivity index (χ0n) is 15.6. The molecule has 3 heterocycles. The molecule has 3 aliphatic rings. The molecule has 2 fully saturated rings. The van der Waals surface area contributed by atoms with Gasteiger partial charge in [0.05, 0.1) is 11.9 Å². The predicted molar refractivity (Wildman–Crippen MR) is 108 cm³/mol. The molecule has 0 aliphatic carbocycles. The van der Waals surface area contributed by atoms with Crippen LogP contribution in [-0.2, 0) is 16.4 Å². The quantitative estimate of drug-likeness (QED) is 0.782. The van der Waals surface area contributed by atoms with Gasteiger partial charge in [0.1, 0.15) is 0 Å². The number of carbonyl (C=O) groups is 1. The van der Waals surface area contributed by atoms with Gasteiger partial charge in [0.15, 0.2) is 0 Å². The first-order valence-electron chi connectivity index (χ1n) is 9.28. The van der Waals surface area contributed by atoms with E-state index in [-0.39, 0.29) is 18.3 Å². The Morgan fingerprint density at radius 2 is 1.89 bits per heavy atom. The van der Waals surface area contributed by atoms with Crippen LogP contribution in [0.3, 0.4) is 0 Å². The second kappa shape index (κ2) is 7.95. The number of likely N-dealkylation sites (tertiary alicyclic amines) is 1. The third kappa shape index (κ3) is 4.08. The number of nitrogens with zero attached hydrogens (tertiary/aromatic N) is 3. The molecule has 1 N–H and O–H groups in total. The number of hydrogen-bond donors (Lipinski definition) is 1. The molecule has 0 aromatic heterocycles. The summed E-state index contributed by atoms with van der Waals surface area (Å²) in [6, 6.07) is 5.88. The van der Waals surface area contributed by atoms with E-state index in [0.29, 0.717) is 30.3 Å². The van der Waals surface area contributed by atoms with Crippen molar-refractivity contribution < 1.29 is 13.2 Å². The molecule has 3 aliphatic heterocycles. The SMILES string of the molecule is CS(=O)(=O)N1CCc2cc(C(=O)N3CCC(N4CCNCC4)C3)ccc21.Cl. The summed E-state index contributed by atoms with van der Waals surface area (Å²) < 4.78 is 25.1. The van der Waals surface area contributed by atoms with Crippen molar-refractivity contribution in [3.05, 3.63) is 29.3 Å². The highest BCUT2D eigenvalue weighted by Gasteiger charge is 2.32. The van der Waals surface area contributed by atoms with Gasteiger partial charge >= 0.3 is 0 Å². The third-order valence-corrected chi connectivity index (χ3v) is 6.88. The summed E-state index contributed by atoms with van der Waals surface area (Å²) in [5, 5.41) is 3.37. The van der Waals surface area contributed by atoms with Crippen LogP contribution in [0.1, 0.15) is 22.3 Å². The van der Waals surface area contributed by atoms with Gasteiger partial charge in [-0.05, 0) is 36.6 Å². The normalized spacial score (nSPS) is 23.2. The van der Waals surface area contributed by atoms with E-state index in [2.05, 4.69) is 10.2 Å². The molecule has 1 amide bonds. The number of rotatable bonds is 3. The van der Waals surface area contributed by atoms with Crippen molar-refractivity contribution in [3.8, 4) is 0 Å². The molecular formula is C18H27ClN4O3S. The lowest BCUT2D eigenvalue weighted by atomic mass is 10.1. The van der Waals surface area contributed by atoms with E-state index in [4.69, 9.17) is 0 Å². The number of hydrogen-bond acceptors (Lipinski definition) is 5. The van der Waals surface area contributed by atoms with Crippen LogP contribution in [0.2, 0.25) is 0 Å². The summed E-state index contributed by atoms with van der Waals surface area (Å²) in [4.78, 5) is 17.3. The fraction of sp³-hybridized carbons (Fsp3) is 0.611. The van der Waals surface area contributed by atoms with E-state index in [0.717, 1.165) is 51.3 Å². The Morgan fingerprint density at radius 1 is 1.15 bits per heavy atom. The number of fused-ring (bicyclic) bond motifs is 1. The molecule has 0 saturated carbocycles. The van der Waals surface area contributed by atoms with Gasteiger partial charge in [0, 0.05) is 57.4 Å². The van der Waals surface area contributed by atoms with E-state index >= 15 is 0 Å². The highest BCUT2D eigenvalue weighted by atomic mass is 35.5. The standard InChI is InChI=1S/C18H26N4O3S.ClH/c1-26(24,25)22-9-4-14-12-15(2-3-17(14)22)18(23)21-8-5-16(13-21)20-10-6-19-7-11-20;/h2-3,12,16,19H,4-11,13H2,1H3;1H. The Morgan fingerprint density at radius 3 is 2.59 bits per heavy atom. The van der Waals surface area contributed by atoms with Crippen LogP contribution in [0, 0.1) is 0 Å². The van der Waals surface area contributed by atoms with Crippen LogP contribution in [0.4, 0.5) is 5.69 Å². The first-order chi connectivity index (χ1) is 12.4. The van der Waals surface area contributed by atoms with E-state index in [1.54, 1.807) is 12.1 Å². The van der Waals surface area contributed by atoms with Gasteiger partial charge < -0.3 is 10.2 Å². The molecule has 150 valence electrons. The fourth-order valence-corrected chi connectivity index (χ4v) is 5.26. The van der Waals surface area contributed by atoms with E-state index in [1.807, 2.05) is 11.0 Å². The van der Waals surface area contributed by atoms with E-state index < -0.39 is 10.0 Å². The van der Waals surface area contributed by atoms with Crippen molar-refractivity contribution in [3.63, 3.8) is 0 Å². The number of benzene rings is 1. The van der Waals surface area contributed by atoms with Gasteiger partial charge in [-0.25, -0.2) is 8.42 Å². The topological polar surface area (TPSA) is 73.0 Å². The Balaban J connectivity index is 0.00000210. The Hall–Kier alpha value is -1.35. The zero-order chi connectivity index (χ0) is 18.3. The molecule has 7 nitrogen and oxygen atoms in total. The highest BCUT2D eigenvalue weighted by molar-refractivity contribution is 7.92. The molecule has 27 heavy (non-hydrogen) atoms. The molecule has 1 unspecified atom stereocenters. The maximum absolute atomic E-state index is 12.9. The Kier molecular flexibility index (Phi) is 6.00. The van der Waals surface area contributed by atoms with Crippen LogP contribution in [-0.4, -0.2) is 82.2 Å². The maximum atomic E-state index is 12.9. The van der Waals surface area contributed by atoms with Gasteiger partial charge in [-0.3, -0.25) is 14.0 Å². The third-order valence-electron chi connectivity index (χ3n) is 5.70. The second-order valence-corrected chi connectivity index (χ2v) is 9.32. The first-order valence-corrected chi connectivity index (χ1v) is 11.1. The average Bonchev–Trinajstić information content (AvgIpc) is 3.28. The Bertz CT molecular complexity index is 811. The first kappa shape index (κ1) is 20.4. The number of amides is 1. The van der Waals surface area contributed by atoms with Gasteiger partial charge in [-0.2, -0.15) is 0 Å². The molecule has 0 bridgehead atoms. The minimum atomic E-state index is -3.26. The van der Waals surface area contributed by atoms with Crippen LogP contribution in [0.15, 0.2) is 18.2 Å². The largest absolute Gasteiger partial charge is 0.337 e. The molecule has 0 radical (unpaired) electrons. The number of piperazine rings is 1. The van der Waals surface area contributed by atoms with E-state index in [9.17, 15) is 13.2 Å². The fourth-order valence-electron chi connectivity index (χ4n) is 4.30. The Labute approximate surface area is 167 Å². The number of halogens is 1. The average molecular weight is 415 g/mol. The molecule has 1 atom stereocenters. The summed E-state index contributed by atoms with van der Waals surface area (Å²) in [7, 11) is -3.26. The second-order valence-electron chi connectivity index (χ2n) is 7.41. The van der Waals surface area contributed by atoms with Crippen molar-refractivity contribution in [2.75, 3.05) is 56.4 Å². The minimum absolute atomic E-state index is 0. The summed E-state index contributed by atoms with van der Waals surface area (Å²) in [6.45, 7) is 6.17. The zero-order valence-corrected chi connectivity index (χ0v) is 17.2. The minimum Gasteiger partial charge on any atom is -0.337 e. The monoisotopic (exact) mass is 414 g/mol. The van der Waals surface area contributed by atoms with Crippen molar-refractivity contribution in [2.45, 2.75) is 18.9 Å². The smallest absolute Gasteiger partial charge is 0.253 e. The molecule has 1 aromatic rings. The van der Waals surface area contributed by atoms with Gasteiger partial charge in [-0.15, -0.1) is 12.4 Å². The van der Waals surface area contributed by atoms with Crippen molar-refractivity contribution in [1.29, 1.82) is 0 Å². The van der Waals surface area contributed by atoms with E-state index in [1.165, 1.54) is 10.6 Å². The lowest BCUT2D eigenvalue weighted by molar-refractivity contribution is 0.0773. The van der Waals surface area contributed by atoms with Crippen LogP contribution >= 0.6 is 12.4 Å². The molecular weight excluding hydrogens is 388 g/mol. The van der Waals surface area contributed by atoms with Crippen molar-refractivity contribution >= 4 is 34.0 Å². The molecule has 4 rings (SSSR count). The van der Waals surface area contributed by atoms with Crippen LogP contribution in [0.25, 0.3) is 0 Å². The summed E-state index contributed by atoms with van der Waals surface area (Å²) in [5.41, 5.74) is 2.32. The number of anilines is 1. The number of sulfonamides is 1. The maximum Gasteiger partial charge on any atom is 0.253 e. The highest BCUT2D eigenvalue weighted by Crippen LogP contribution is 2.31. The number of carbonyl (C=O) groups excluding carboxylic acids is 1. The summed E-state index contributed by atoms with van der Waals surface area (Å²) >= 11 is 0. The molecule has 2 saturated heterocycles. The lowest BCUT2D eigenvalue weighted by Crippen LogP contribution is -2.49. The summed E-state index contributed by atoms with van der Waals surface area (Å²) in [6.07, 6.45) is 2.91. The molecule has 0 spiro atoms. The van der Waals surface area contributed by atoms with Crippen LogP contribution < -0.4 is 9.62 Å². The van der Waals surface area contributed by atoms with Gasteiger partial charge in [0.2, 0.25) is 10.0 Å². The molecule has 9 heteroatoms. The van der Waals surface area contributed by atoms with Gasteiger partial charge in [-0.1, -0.05) is 0 Å². The predicted octanol–water partition coefficient (Wildman–Crippen LogP) is 0.550. The molecule has 1 aromatic carbocycles. The summed E-state index contributed by atoms with van der Waals surface area (Å²) in [5.74, 6) is 0.0586. The lowest BCUT2D eigenvalue weighted by Gasteiger charge is -2.32.